The van der Waals surface area contributed by atoms with Gasteiger partial charge < -0.3 is 11.5 Å². The van der Waals surface area contributed by atoms with Crippen LogP contribution in [0, 0.1) is 0 Å². The molecule has 154 valence electrons. The molecule has 0 aliphatic carbocycles. The number of hydrogen-bond donors (Lipinski definition) is 2. The summed E-state index contributed by atoms with van der Waals surface area (Å²) in [6, 6.07) is 29.1. The standard InChI is InChI=1S/C28H22N4/c29-23-9-11-25-21(13-23)15-27(31-25)19-5-1-17(2-6-19)18-3-7-20(8-4-18)28-16-22-14-24(30)10-12-26(22)32-28/h1-14H,15-16,29-30H2. The Hall–Kier alpha value is -4.18. The molecule has 0 saturated heterocycles. The summed E-state index contributed by atoms with van der Waals surface area (Å²) in [5, 5.41) is 0. The molecule has 4 aromatic rings. The van der Waals surface area contributed by atoms with E-state index in [0.29, 0.717) is 0 Å². The van der Waals surface area contributed by atoms with Crippen molar-refractivity contribution in [2.24, 2.45) is 9.98 Å². The van der Waals surface area contributed by atoms with E-state index in [1.807, 2.05) is 36.4 Å². The van der Waals surface area contributed by atoms with E-state index < -0.39 is 0 Å². The van der Waals surface area contributed by atoms with Crippen LogP contribution in [-0.2, 0) is 12.8 Å². The van der Waals surface area contributed by atoms with Crippen LogP contribution in [0.1, 0.15) is 22.3 Å². The van der Waals surface area contributed by atoms with Gasteiger partial charge in [-0.3, -0.25) is 9.98 Å². The molecule has 0 amide bonds. The Morgan fingerprint density at radius 1 is 0.469 bits per heavy atom. The third-order valence-corrected chi connectivity index (χ3v) is 6.20. The number of hydrogen-bond acceptors (Lipinski definition) is 4. The molecule has 4 heteroatoms. The molecule has 0 spiro atoms. The van der Waals surface area contributed by atoms with E-state index in [4.69, 9.17) is 21.5 Å². The van der Waals surface area contributed by atoms with Gasteiger partial charge in [-0.15, -0.1) is 0 Å². The summed E-state index contributed by atoms with van der Waals surface area (Å²) in [7, 11) is 0. The smallest absolute Gasteiger partial charge is 0.0670 e. The van der Waals surface area contributed by atoms with Crippen molar-refractivity contribution in [1.82, 2.24) is 0 Å². The van der Waals surface area contributed by atoms with E-state index in [9.17, 15) is 0 Å². The lowest BCUT2D eigenvalue weighted by molar-refractivity contribution is 1.39. The molecule has 0 aromatic heterocycles. The molecule has 0 saturated carbocycles. The normalized spacial score (nSPS) is 14.0. The Kier molecular flexibility index (Phi) is 4.18. The molecular formula is C28H22N4. The number of nitrogens with zero attached hydrogens (tertiary/aromatic N) is 2. The molecule has 0 fully saturated rings. The molecule has 0 unspecified atom stereocenters. The summed E-state index contributed by atoms with van der Waals surface area (Å²) >= 11 is 0. The maximum atomic E-state index is 5.91. The van der Waals surface area contributed by atoms with Crippen molar-refractivity contribution < 1.29 is 0 Å². The summed E-state index contributed by atoms with van der Waals surface area (Å²) in [5.74, 6) is 0. The minimum absolute atomic E-state index is 0.788. The summed E-state index contributed by atoms with van der Waals surface area (Å²) in [6.45, 7) is 0. The molecule has 6 rings (SSSR count). The molecule has 0 bridgehead atoms. The molecule has 0 atom stereocenters. The van der Waals surface area contributed by atoms with Crippen molar-refractivity contribution >= 4 is 34.2 Å². The summed E-state index contributed by atoms with van der Waals surface area (Å²) in [6.07, 6.45) is 1.65. The highest BCUT2D eigenvalue weighted by Gasteiger charge is 2.17. The maximum absolute atomic E-state index is 5.91. The van der Waals surface area contributed by atoms with Crippen LogP contribution in [0.3, 0.4) is 0 Å². The van der Waals surface area contributed by atoms with Gasteiger partial charge in [-0.1, -0.05) is 48.5 Å². The van der Waals surface area contributed by atoms with Crippen LogP contribution in [0.2, 0.25) is 0 Å². The number of nitrogen functional groups attached to an aromatic ring is 2. The molecule has 32 heavy (non-hydrogen) atoms. The van der Waals surface area contributed by atoms with Crippen molar-refractivity contribution in [3.63, 3.8) is 0 Å². The van der Waals surface area contributed by atoms with Crippen LogP contribution in [-0.4, -0.2) is 11.4 Å². The zero-order chi connectivity index (χ0) is 21.7. The van der Waals surface area contributed by atoms with Crippen molar-refractivity contribution in [3.8, 4) is 11.1 Å². The molecule has 2 heterocycles. The first kappa shape index (κ1) is 18.6. The molecular weight excluding hydrogens is 392 g/mol. The largest absolute Gasteiger partial charge is 0.399 e. The number of rotatable bonds is 3. The van der Waals surface area contributed by atoms with Crippen LogP contribution < -0.4 is 11.5 Å². The van der Waals surface area contributed by atoms with Gasteiger partial charge in [0.15, 0.2) is 0 Å². The van der Waals surface area contributed by atoms with Gasteiger partial charge in [0.2, 0.25) is 0 Å². The monoisotopic (exact) mass is 414 g/mol. The topological polar surface area (TPSA) is 76.8 Å². The zero-order valence-electron chi connectivity index (χ0n) is 17.5. The third kappa shape index (κ3) is 3.26. The van der Waals surface area contributed by atoms with E-state index in [0.717, 1.165) is 58.1 Å². The Bertz CT molecular complexity index is 1300. The van der Waals surface area contributed by atoms with E-state index in [-0.39, 0.29) is 0 Å². The second-order valence-corrected chi connectivity index (χ2v) is 8.40. The SMILES string of the molecule is Nc1ccc2c(c1)CC(c1ccc(-c3ccc(C4=Nc5ccc(N)cc5C4)cc3)cc1)=N2. The predicted octanol–water partition coefficient (Wildman–Crippen LogP) is 5.87. The van der Waals surface area contributed by atoms with Crippen LogP contribution in [0.5, 0.6) is 0 Å². The van der Waals surface area contributed by atoms with Gasteiger partial charge >= 0.3 is 0 Å². The van der Waals surface area contributed by atoms with Gasteiger partial charge in [0, 0.05) is 24.2 Å². The fourth-order valence-corrected chi connectivity index (χ4v) is 4.49. The van der Waals surface area contributed by atoms with Crippen molar-refractivity contribution in [3.05, 3.63) is 107 Å². The number of nitrogens with two attached hydrogens (primary N) is 2. The fourth-order valence-electron chi connectivity index (χ4n) is 4.49. The lowest BCUT2D eigenvalue weighted by atomic mass is 9.98. The van der Waals surface area contributed by atoms with E-state index >= 15 is 0 Å². The first-order chi connectivity index (χ1) is 15.6. The Morgan fingerprint density at radius 2 is 0.844 bits per heavy atom. The van der Waals surface area contributed by atoms with E-state index in [2.05, 4.69) is 48.5 Å². The van der Waals surface area contributed by atoms with Crippen molar-refractivity contribution in [1.29, 1.82) is 0 Å². The first-order valence-corrected chi connectivity index (χ1v) is 10.8. The minimum Gasteiger partial charge on any atom is -0.399 e. The van der Waals surface area contributed by atoms with Crippen LogP contribution in [0.25, 0.3) is 11.1 Å². The molecule has 4 nitrogen and oxygen atoms in total. The van der Waals surface area contributed by atoms with Crippen LogP contribution in [0.15, 0.2) is 94.9 Å². The van der Waals surface area contributed by atoms with Gasteiger partial charge in [0.25, 0.3) is 0 Å². The lowest BCUT2D eigenvalue weighted by Gasteiger charge is -2.07. The molecule has 2 aliphatic rings. The average Bonchev–Trinajstić information content (AvgIpc) is 3.43. The average molecular weight is 415 g/mol. The van der Waals surface area contributed by atoms with E-state index in [1.165, 1.54) is 22.3 Å². The Morgan fingerprint density at radius 3 is 1.25 bits per heavy atom. The number of anilines is 2. The fraction of sp³-hybridized carbons (Fsp3) is 0.0714. The molecule has 2 aliphatic heterocycles. The van der Waals surface area contributed by atoms with Crippen LogP contribution >= 0.6 is 0 Å². The summed E-state index contributed by atoms with van der Waals surface area (Å²) in [5.41, 5.74) is 24.7. The number of fused-ring (bicyclic) bond motifs is 2. The third-order valence-electron chi connectivity index (χ3n) is 6.20. The van der Waals surface area contributed by atoms with Crippen molar-refractivity contribution in [2.75, 3.05) is 11.5 Å². The second kappa shape index (κ2) is 7.20. The Labute approximate surface area is 187 Å². The second-order valence-electron chi connectivity index (χ2n) is 8.40. The highest BCUT2D eigenvalue weighted by atomic mass is 14.8. The number of aliphatic imine (C=N–C) groups is 2. The van der Waals surface area contributed by atoms with Gasteiger partial charge in [-0.25, -0.2) is 0 Å². The maximum Gasteiger partial charge on any atom is 0.0670 e. The zero-order valence-corrected chi connectivity index (χ0v) is 17.5. The molecule has 4 aromatic carbocycles. The minimum atomic E-state index is 0.788. The quantitative estimate of drug-likeness (QED) is 0.411. The lowest BCUT2D eigenvalue weighted by Crippen LogP contribution is -2.01. The predicted molar refractivity (Wildman–Crippen MR) is 133 cm³/mol. The van der Waals surface area contributed by atoms with Gasteiger partial charge in [0.05, 0.1) is 22.8 Å². The molecule has 0 radical (unpaired) electrons. The van der Waals surface area contributed by atoms with Gasteiger partial charge in [0.1, 0.15) is 0 Å². The summed E-state index contributed by atoms with van der Waals surface area (Å²) in [4.78, 5) is 9.57. The van der Waals surface area contributed by atoms with E-state index in [1.54, 1.807) is 0 Å². The first-order valence-electron chi connectivity index (χ1n) is 10.8. The highest BCUT2D eigenvalue weighted by Crippen LogP contribution is 2.32. The van der Waals surface area contributed by atoms with Gasteiger partial charge in [-0.05, 0) is 69.8 Å². The Balaban J connectivity index is 1.20. The highest BCUT2D eigenvalue weighted by molar-refractivity contribution is 6.07. The van der Waals surface area contributed by atoms with Crippen molar-refractivity contribution in [2.45, 2.75) is 12.8 Å². The summed E-state index contributed by atoms with van der Waals surface area (Å²) < 4.78 is 0. The van der Waals surface area contributed by atoms with Crippen LogP contribution in [0.4, 0.5) is 22.7 Å². The number of benzene rings is 4. The molecule has 4 N–H and O–H groups in total. The van der Waals surface area contributed by atoms with Gasteiger partial charge in [-0.2, -0.15) is 0 Å².